The smallest absolute Gasteiger partial charge is 0.240 e. The lowest BCUT2D eigenvalue weighted by Gasteiger charge is -2.13. The van der Waals surface area contributed by atoms with E-state index in [1.807, 2.05) is 19.4 Å². The van der Waals surface area contributed by atoms with Crippen LogP contribution < -0.4 is 0 Å². The van der Waals surface area contributed by atoms with E-state index in [1.165, 1.54) is 17.3 Å². The highest BCUT2D eigenvalue weighted by Gasteiger charge is 2.10. The first-order valence-electron chi connectivity index (χ1n) is 6.45. The maximum atomic E-state index is 5.25. The normalized spacial score (nSPS) is 11.6. The van der Waals surface area contributed by atoms with Gasteiger partial charge in [0.15, 0.2) is 5.82 Å². The van der Waals surface area contributed by atoms with Crippen molar-refractivity contribution < 1.29 is 4.52 Å². The summed E-state index contributed by atoms with van der Waals surface area (Å²) >= 11 is 2.92. The van der Waals surface area contributed by atoms with Crippen molar-refractivity contribution in [1.29, 1.82) is 0 Å². The van der Waals surface area contributed by atoms with Crippen molar-refractivity contribution in [2.75, 3.05) is 13.3 Å². The lowest BCUT2D eigenvalue weighted by molar-refractivity contribution is 0.260. The summed E-state index contributed by atoms with van der Waals surface area (Å²) in [5.41, 5.74) is 3.09. The summed E-state index contributed by atoms with van der Waals surface area (Å²) in [7, 11) is 2.03. The van der Waals surface area contributed by atoms with E-state index in [-0.39, 0.29) is 0 Å². The van der Waals surface area contributed by atoms with Crippen LogP contribution >= 0.6 is 23.5 Å². The molecular formula is C13H15N5OS2. The van der Waals surface area contributed by atoms with Crippen molar-refractivity contribution in [3.63, 3.8) is 0 Å². The fourth-order valence-corrected chi connectivity index (χ4v) is 2.96. The van der Waals surface area contributed by atoms with Crippen LogP contribution in [0.4, 0.5) is 0 Å². The van der Waals surface area contributed by atoms with Gasteiger partial charge in [0, 0.05) is 6.54 Å². The van der Waals surface area contributed by atoms with Gasteiger partial charge in [-0.1, -0.05) is 11.2 Å². The quantitative estimate of drug-likeness (QED) is 0.691. The van der Waals surface area contributed by atoms with E-state index in [9.17, 15) is 0 Å². The number of nitrogens with zero attached hydrogens (tertiary/aromatic N) is 5. The number of aromatic nitrogens is 4. The Balaban J connectivity index is 1.63. The molecule has 3 rings (SSSR count). The van der Waals surface area contributed by atoms with E-state index < -0.39 is 0 Å². The molecule has 21 heavy (non-hydrogen) atoms. The third-order valence-electron chi connectivity index (χ3n) is 2.96. The Bertz CT molecular complexity index is 726. The number of rotatable bonds is 6. The van der Waals surface area contributed by atoms with Crippen LogP contribution in [0.2, 0.25) is 0 Å². The molecule has 0 fully saturated rings. The molecule has 0 aliphatic rings. The topological polar surface area (TPSA) is 67.9 Å². The van der Waals surface area contributed by atoms with E-state index in [2.05, 4.69) is 35.9 Å². The molecule has 0 N–H and O–H groups in total. The van der Waals surface area contributed by atoms with Crippen LogP contribution in [-0.4, -0.2) is 37.1 Å². The minimum atomic E-state index is 0.634. The molecule has 0 radical (unpaired) electrons. The molecule has 8 heteroatoms. The number of hydrogen-bond acceptors (Lipinski definition) is 8. The molecule has 0 atom stereocenters. The van der Waals surface area contributed by atoms with Gasteiger partial charge in [0.1, 0.15) is 11.0 Å². The largest absolute Gasteiger partial charge is 0.338 e. The summed E-state index contributed by atoms with van der Waals surface area (Å²) in [6.45, 7) is 1.43. The van der Waals surface area contributed by atoms with E-state index in [0.717, 1.165) is 29.2 Å². The summed E-state index contributed by atoms with van der Waals surface area (Å²) < 4.78 is 13.7. The van der Waals surface area contributed by atoms with Gasteiger partial charge in [-0.05, 0) is 31.0 Å². The van der Waals surface area contributed by atoms with Gasteiger partial charge in [-0.3, -0.25) is 4.90 Å². The molecule has 0 aliphatic heterocycles. The number of fused-ring (bicyclic) bond motifs is 1. The van der Waals surface area contributed by atoms with Gasteiger partial charge in [0.25, 0.3) is 0 Å². The second-order valence-corrected chi connectivity index (χ2v) is 6.19. The number of thioether (sulfide) groups is 1. The van der Waals surface area contributed by atoms with Crippen LogP contribution in [0.25, 0.3) is 11.0 Å². The number of benzene rings is 1. The first-order chi connectivity index (χ1) is 10.2. The van der Waals surface area contributed by atoms with Gasteiger partial charge in [-0.25, -0.2) is 0 Å². The molecule has 3 aromatic rings. The molecule has 0 aliphatic carbocycles. The third-order valence-corrected chi connectivity index (χ3v) is 4.06. The minimum Gasteiger partial charge on any atom is -0.338 e. The average Bonchev–Trinajstić information content (AvgIpc) is 3.08. The zero-order chi connectivity index (χ0) is 14.7. The van der Waals surface area contributed by atoms with Gasteiger partial charge in [-0.15, -0.1) is 0 Å². The maximum absolute atomic E-state index is 5.25. The summed E-state index contributed by atoms with van der Waals surface area (Å²) in [5, 5.41) is 3.95. The Hall–Kier alpha value is -1.51. The molecule has 0 spiro atoms. The Morgan fingerprint density at radius 1 is 1.24 bits per heavy atom. The monoisotopic (exact) mass is 321 g/mol. The zero-order valence-corrected chi connectivity index (χ0v) is 13.4. The standard InChI is InChI=1S/C13H15N5OS2/c1-18(7-13-14-12(8-20-2)15-19-13)6-9-3-4-10-11(5-9)17-21-16-10/h3-5H,6-8H2,1-2H3. The molecule has 1 aromatic carbocycles. The molecule has 0 amide bonds. The van der Waals surface area contributed by atoms with E-state index in [4.69, 9.17) is 4.52 Å². The zero-order valence-electron chi connectivity index (χ0n) is 11.8. The van der Waals surface area contributed by atoms with Crippen LogP contribution in [0, 0.1) is 0 Å². The van der Waals surface area contributed by atoms with E-state index in [1.54, 1.807) is 11.8 Å². The molecular weight excluding hydrogens is 306 g/mol. The van der Waals surface area contributed by atoms with Gasteiger partial charge in [0.05, 0.1) is 24.0 Å². The Morgan fingerprint density at radius 2 is 2.10 bits per heavy atom. The van der Waals surface area contributed by atoms with E-state index in [0.29, 0.717) is 12.4 Å². The molecule has 0 unspecified atom stereocenters. The Morgan fingerprint density at radius 3 is 2.95 bits per heavy atom. The third kappa shape index (κ3) is 3.58. The van der Waals surface area contributed by atoms with Gasteiger partial charge < -0.3 is 4.52 Å². The van der Waals surface area contributed by atoms with Gasteiger partial charge in [0.2, 0.25) is 5.89 Å². The van der Waals surface area contributed by atoms with Crippen LogP contribution in [0.1, 0.15) is 17.3 Å². The second kappa shape index (κ2) is 6.50. The van der Waals surface area contributed by atoms with Crippen LogP contribution in [-0.2, 0) is 18.8 Å². The van der Waals surface area contributed by atoms with E-state index >= 15 is 0 Å². The summed E-state index contributed by atoms with van der Waals surface area (Å²) in [4.78, 5) is 6.50. The highest BCUT2D eigenvalue weighted by Crippen LogP contribution is 2.15. The summed E-state index contributed by atoms with van der Waals surface area (Å²) in [5.74, 6) is 2.18. The predicted octanol–water partition coefficient (Wildman–Crippen LogP) is 2.57. The lowest BCUT2D eigenvalue weighted by Crippen LogP contribution is -2.17. The summed E-state index contributed by atoms with van der Waals surface area (Å²) in [6.07, 6.45) is 2.02. The van der Waals surface area contributed by atoms with Gasteiger partial charge in [-0.2, -0.15) is 25.5 Å². The fourth-order valence-electron chi connectivity index (χ4n) is 2.07. The molecule has 2 aromatic heterocycles. The van der Waals surface area contributed by atoms with Crippen molar-refractivity contribution in [3.05, 3.63) is 35.5 Å². The van der Waals surface area contributed by atoms with Crippen molar-refractivity contribution in [1.82, 2.24) is 23.8 Å². The van der Waals surface area contributed by atoms with Crippen LogP contribution in [0.5, 0.6) is 0 Å². The molecule has 110 valence electrons. The molecule has 0 bridgehead atoms. The van der Waals surface area contributed by atoms with Crippen molar-refractivity contribution in [2.45, 2.75) is 18.8 Å². The minimum absolute atomic E-state index is 0.634. The summed E-state index contributed by atoms with van der Waals surface area (Å²) in [6, 6.07) is 6.15. The van der Waals surface area contributed by atoms with Crippen molar-refractivity contribution in [2.24, 2.45) is 0 Å². The average molecular weight is 321 g/mol. The first kappa shape index (κ1) is 14.4. The lowest BCUT2D eigenvalue weighted by atomic mass is 10.2. The Kier molecular flexibility index (Phi) is 4.47. The molecule has 2 heterocycles. The molecule has 0 saturated carbocycles. The molecule has 0 saturated heterocycles. The predicted molar refractivity (Wildman–Crippen MR) is 84.1 cm³/mol. The van der Waals surface area contributed by atoms with Crippen LogP contribution in [0.3, 0.4) is 0 Å². The fraction of sp³-hybridized carbons (Fsp3) is 0.385. The highest BCUT2D eigenvalue weighted by molar-refractivity contribution is 7.97. The highest BCUT2D eigenvalue weighted by atomic mass is 32.2. The van der Waals surface area contributed by atoms with Crippen molar-refractivity contribution in [3.8, 4) is 0 Å². The van der Waals surface area contributed by atoms with Gasteiger partial charge >= 0.3 is 0 Å². The van der Waals surface area contributed by atoms with Crippen LogP contribution in [0.15, 0.2) is 22.7 Å². The van der Waals surface area contributed by atoms with Crippen molar-refractivity contribution >= 4 is 34.5 Å². The SMILES string of the molecule is CSCc1noc(CN(C)Cc2ccc3nsnc3c2)n1. The molecule has 6 nitrogen and oxygen atoms in total. The second-order valence-electron chi connectivity index (χ2n) is 4.80. The number of hydrogen-bond donors (Lipinski definition) is 0. The maximum Gasteiger partial charge on any atom is 0.240 e. The Labute approximate surface area is 130 Å². The first-order valence-corrected chi connectivity index (χ1v) is 8.57.